The summed E-state index contributed by atoms with van der Waals surface area (Å²) in [4.78, 5) is 1.89. The molecule has 3 heteroatoms. The second kappa shape index (κ2) is 5.98. The van der Waals surface area contributed by atoms with Gasteiger partial charge in [-0.3, -0.25) is 4.90 Å². The molecule has 0 aromatic rings. The zero-order valence-corrected chi connectivity index (χ0v) is 11.9. The maximum atomic E-state index is 9.92. The highest BCUT2D eigenvalue weighted by Crippen LogP contribution is 2.24. The van der Waals surface area contributed by atoms with E-state index < -0.39 is 6.41 Å². The Balaban J connectivity index is 2.36. The number of ether oxygens (including phenoxy) is 1. The van der Waals surface area contributed by atoms with E-state index in [0.29, 0.717) is 5.92 Å². The van der Waals surface area contributed by atoms with Crippen molar-refractivity contribution >= 4 is 0 Å². The van der Waals surface area contributed by atoms with Crippen molar-refractivity contribution in [3.05, 3.63) is 11.6 Å². The van der Waals surface area contributed by atoms with Gasteiger partial charge in [0.2, 0.25) is 6.41 Å². The largest absolute Gasteiger partial charge is 0.356 e. The lowest BCUT2D eigenvalue weighted by atomic mass is 9.90. The van der Waals surface area contributed by atoms with E-state index in [1.165, 1.54) is 18.4 Å². The van der Waals surface area contributed by atoms with Crippen LogP contribution in [0.4, 0.5) is 0 Å². The Labute approximate surface area is 105 Å². The molecule has 0 radical (unpaired) electrons. The Hall–Kier alpha value is -0.380. The van der Waals surface area contributed by atoms with E-state index in [4.69, 9.17) is 4.74 Å². The molecule has 1 N–H and O–H groups in total. The number of allylic oxidation sites excluding steroid dienone is 2. The molecule has 0 aromatic carbocycles. The van der Waals surface area contributed by atoms with Gasteiger partial charge in [0.25, 0.3) is 0 Å². The lowest BCUT2D eigenvalue weighted by Crippen LogP contribution is -2.41. The van der Waals surface area contributed by atoms with Crippen molar-refractivity contribution in [1.82, 2.24) is 4.90 Å². The van der Waals surface area contributed by atoms with Gasteiger partial charge < -0.3 is 9.84 Å². The predicted octanol–water partition coefficient (Wildman–Crippen LogP) is 2.76. The molecular formula is C14H27NO2. The summed E-state index contributed by atoms with van der Waals surface area (Å²) >= 11 is 0. The van der Waals surface area contributed by atoms with Gasteiger partial charge in [0.05, 0.1) is 5.60 Å². The van der Waals surface area contributed by atoms with Crippen LogP contribution in [0.15, 0.2) is 11.6 Å². The maximum Gasteiger partial charge on any atom is 0.216 e. The van der Waals surface area contributed by atoms with Gasteiger partial charge >= 0.3 is 0 Å². The van der Waals surface area contributed by atoms with Gasteiger partial charge in [-0.15, -0.1) is 0 Å². The monoisotopic (exact) mass is 241 g/mol. The van der Waals surface area contributed by atoms with Crippen LogP contribution >= 0.6 is 0 Å². The Bertz CT molecular complexity index is 268. The van der Waals surface area contributed by atoms with E-state index >= 15 is 0 Å². The van der Waals surface area contributed by atoms with Crippen LogP contribution in [-0.2, 0) is 4.74 Å². The summed E-state index contributed by atoms with van der Waals surface area (Å²) in [5, 5.41) is 9.92. The van der Waals surface area contributed by atoms with Crippen LogP contribution < -0.4 is 0 Å². The Morgan fingerprint density at radius 1 is 1.53 bits per heavy atom. The molecule has 1 rings (SSSR count). The Morgan fingerprint density at radius 3 is 2.65 bits per heavy atom. The van der Waals surface area contributed by atoms with E-state index in [9.17, 15) is 5.11 Å². The molecule has 17 heavy (non-hydrogen) atoms. The van der Waals surface area contributed by atoms with Gasteiger partial charge in [-0.05, 0) is 59.9 Å². The quantitative estimate of drug-likeness (QED) is 0.607. The molecule has 1 aliphatic rings. The minimum Gasteiger partial charge on any atom is -0.356 e. The molecule has 0 saturated heterocycles. The first kappa shape index (κ1) is 14.7. The molecule has 0 fully saturated rings. The molecular weight excluding hydrogens is 214 g/mol. The third-order valence-electron chi connectivity index (χ3n) is 3.13. The van der Waals surface area contributed by atoms with Crippen molar-refractivity contribution in [2.45, 2.75) is 59.0 Å². The topological polar surface area (TPSA) is 32.7 Å². The summed E-state index contributed by atoms with van der Waals surface area (Å²) in [5.41, 5.74) is 1.19. The summed E-state index contributed by atoms with van der Waals surface area (Å²) in [7, 11) is 1.92. The zero-order valence-electron chi connectivity index (χ0n) is 11.9. The smallest absolute Gasteiger partial charge is 0.216 e. The third-order valence-corrected chi connectivity index (χ3v) is 3.13. The van der Waals surface area contributed by atoms with Crippen molar-refractivity contribution in [1.29, 1.82) is 0 Å². The Kier molecular flexibility index (Phi) is 5.17. The van der Waals surface area contributed by atoms with E-state index in [-0.39, 0.29) is 5.60 Å². The molecule has 0 spiro atoms. The van der Waals surface area contributed by atoms with Crippen molar-refractivity contribution in [3.63, 3.8) is 0 Å². The summed E-state index contributed by atoms with van der Waals surface area (Å²) in [6, 6.07) is 0. The fraction of sp³-hybridized carbons (Fsp3) is 0.857. The molecule has 1 aliphatic carbocycles. The minimum atomic E-state index is -0.804. The molecule has 0 aromatic heterocycles. The maximum absolute atomic E-state index is 9.92. The number of hydrogen-bond donors (Lipinski definition) is 1. The van der Waals surface area contributed by atoms with Gasteiger partial charge in [-0.25, -0.2) is 0 Å². The molecule has 3 nitrogen and oxygen atoms in total. The Morgan fingerprint density at radius 2 is 2.18 bits per heavy atom. The van der Waals surface area contributed by atoms with Gasteiger partial charge in [0.15, 0.2) is 0 Å². The minimum absolute atomic E-state index is 0.309. The first-order valence-electron chi connectivity index (χ1n) is 6.49. The molecule has 0 aliphatic heterocycles. The van der Waals surface area contributed by atoms with Gasteiger partial charge in [0.1, 0.15) is 0 Å². The summed E-state index contributed by atoms with van der Waals surface area (Å²) in [6.45, 7) is 8.95. The highest BCUT2D eigenvalue weighted by atomic mass is 16.6. The fourth-order valence-corrected chi connectivity index (χ4v) is 2.09. The van der Waals surface area contributed by atoms with Crippen LogP contribution in [0.5, 0.6) is 0 Å². The van der Waals surface area contributed by atoms with Crippen molar-refractivity contribution in [3.8, 4) is 0 Å². The first-order chi connectivity index (χ1) is 7.78. The van der Waals surface area contributed by atoms with Crippen molar-refractivity contribution in [2.24, 2.45) is 5.92 Å². The fourth-order valence-electron chi connectivity index (χ4n) is 2.09. The van der Waals surface area contributed by atoms with E-state index in [0.717, 1.165) is 13.0 Å². The van der Waals surface area contributed by atoms with Crippen LogP contribution in [0, 0.1) is 5.92 Å². The highest BCUT2D eigenvalue weighted by molar-refractivity contribution is 5.03. The summed E-state index contributed by atoms with van der Waals surface area (Å²) in [6.07, 6.45) is 5.04. The third kappa shape index (κ3) is 5.66. The van der Waals surface area contributed by atoms with Crippen LogP contribution in [0.3, 0.4) is 0 Å². The number of rotatable bonds is 4. The summed E-state index contributed by atoms with van der Waals surface area (Å²) in [5.74, 6) is 0.641. The molecule has 2 atom stereocenters. The van der Waals surface area contributed by atoms with Gasteiger partial charge in [0, 0.05) is 6.54 Å². The van der Waals surface area contributed by atoms with Crippen molar-refractivity contribution < 1.29 is 9.84 Å². The molecule has 0 amide bonds. The summed E-state index contributed by atoms with van der Waals surface area (Å²) < 4.78 is 5.53. The second-order valence-corrected chi connectivity index (χ2v) is 6.19. The molecule has 100 valence electrons. The number of nitrogens with zero attached hydrogens (tertiary/aromatic N) is 1. The van der Waals surface area contributed by atoms with Crippen LogP contribution in [0.2, 0.25) is 0 Å². The van der Waals surface area contributed by atoms with Crippen LogP contribution in [-0.4, -0.2) is 35.6 Å². The average molecular weight is 241 g/mol. The second-order valence-electron chi connectivity index (χ2n) is 6.19. The lowest BCUT2D eigenvalue weighted by Gasteiger charge is -2.32. The number of aliphatic hydroxyl groups is 1. The van der Waals surface area contributed by atoms with E-state index in [1.807, 2.05) is 32.7 Å². The zero-order chi connectivity index (χ0) is 13.1. The van der Waals surface area contributed by atoms with E-state index in [1.54, 1.807) is 0 Å². The highest BCUT2D eigenvalue weighted by Gasteiger charge is 2.23. The predicted molar refractivity (Wildman–Crippen MR) is 70.6 cm³/mol. The molecule has 0 saturated carbocycles. The lowest BCUT2D eigenvalue weighted by molar-refractivity contribution is -0.234. The molecule has 0 bridgehead atoms. The standard InChI is InChI=1S/C14H27NO2/c1-11-6-8-12(9-7-11)10-15(5)13(16)17-14(2,3)4/h6,12-13,16H,7-10H2,1-5H3. The first-order valence-corrected chi connectivity index (χ1v) is 6.49. The number of hydrogen-bond acceptors (Lipinski definition) is 3. The van der Waals surface area contributed by atoms with Crippen LogP contribution in [0.25, 0.3) is 0 Å². The van der Waals surface area contributed by atoms with Gasteiger partial charge in [-0.2, -0.15) is 0 Å². The van der Waals surface area contributed by atoms with Gasteiger partial charge in [-0.1, -0.05) is 11.6 Å². The SMILES string of the molecule is CC1=CCC(CN(C)C(O)OC(C)(C)C)CC1. The molecule has 0 heterocycles. The molecule has 2 unspecified atom stereocenters. The normalized spacial score (nSPS) is 23.7. The average Bonchev–Trinajstić information content (AvgIpc) is 2.19. The number of aliphatic hydroxyl groups excluding tert-OH is 1. The van der Waals surface area contributed by atoms with E-state index in [2.05, 4.69) is 13.0 Å². The van der Waals surface area contributed by atoms with Crippen molar-refractivity contribution in [2.75, 3.05) is 13.6 Å². The van der Waals surface area contributed by atoms with Crippen LogP contribution in [0.1, 0.15) is 47.0 Å².